The number of rotatable bonds is 4. The smallest absolute Gasteiger partial charge is 0.0406 e. The summed E-state index contributed by atoms with van der Waals surface area (Å²) in [4.78, 5) is 0. The van der Waals surface area contributed by atoms with E-state index >= 15 is 0 Å². The van der Waals surface area contributed by atoms with Gasteiger partial charge in [0.2, 0.25) is 0 Å². The van der Waals surface area contributed by atoms with Crippen LogP contribution >= 0.6 is 11.6 Å². The molecule has 0 amide bonds. The molecule has 0 spiro atoms. The molecular weight excluding hydrogens is 242 g/mol. The van der Waals surface area contributed by atoms with E-state index in [9.17, 15) is 0 Å². The second-order valence-corrected chi connectivity index (χ2v) is 5.06. The van der Waals surface area contributed by atoms with E-state index in [1.54, 1.807) is 0 Å². The van der Waals surface area contributed by atoms with Crippen molar-refractivity contribution < 1.29 is 0 Å². The molecule has 0 radical (unpaired) electrons. The molecule has 0 bridgehead atoms. The molecule has 0 aromatic heterocycles. The first-order valence-electron chi connectivity index (χ1n) is 6.22. The topological polar surface area (TPSA) is 26.0 Å². The van der Waals surface area contributed by atoms with E-state index in [1.807, 2.05) is 24.3 Å². The fourth-order valence-corrected chi connectivity index (χ4v) is 2.20. The van der Waals surface area contributed by atoms with Crippen LogP contribution in [-0.2, 0) is 6.42 Å². The van der Waals surface area contributed by atoms with E-state index in [1.165, 1.54) is 11.1 Å². The average molecular weight is 260 g/mol. The molecule has 0 saturated heterocycles. The second-order valence-electron chi connectivity index (χ2n) is 4.62. The standard InChI is InChI=1S/C16H18ClN/c1-12-4-2-3-5-13(12)8-11-16(18)14-6-9-15(17)10-7-14/h2-7,9-10,16H,8,11,18H2,1H3. The quantitative estimate of drug-likeness (QED) is 0.871. The predicted octanol–water partition coefficient (Wildman–Crippen LogP) is 4.28. The number of hydrogen-bond donors (Lipinski definition) is 1. The van der Waals surface area contributed by atoms with Crippen LogP contribution in [0, 0.1) is 6.92 Å². The van der Waals surface area contributed by atoms with Crippen molar-refractivity contribution in [2.45, 2.75) is 25.8 Å². The van der Waals surface area contributed by atoms with Gasteiger partial charge in [0.15, 0.2) is 0 Å². The van der Waals surface area contributed by atoms with Gasteiger partial charge in [-0.2, -0.15) is 0 Å². The van der Waals surface area contributed by atoms with Crippen molar-refractivity contribution in [1.82, 2.24) is 0 Å². The normalized spacial score (nSPS) is 12.4. The van der Waals surface area contributed by atoms with Gasteiger partial charge in [0, 0.05) is 11.1 Å². The number of hydrogen-bond acceptors (Lipinski definition) is 1. The molecule has 2 rings (SSSR count). The first-order chi connectivity index (χ1) is 8.66. The summed E-state index contributed by atoms with van der Waals surface area (Å²) in [5.74, 6) is 0. The highest BCUT2D eigenvalue weighted by molar-refractivity contribution is 6.30. The van der Waals surface area contributed by atoms with Gasteiger partial charge in [0.25, 0.3) is 0 Å². The predicted molar refractivity (Wildman–Crippen MR) is 77.9 cm³/mol. The Morgan fingerprint density at radius 2 is 1.72 bits per heavy atom. The van der Waals surface area contributed by atoms with E-state index in [4.69, 9.17) is 17.3 Å². The van der Waals surface area contributed by atoms with E-state index in [0.717, 1.165) is 23.4 Å². The Kier molecular flexibility index (Phi) is 4.40. The van der Waals surface area contributed by atoms with Gasteiger partial charge in [-0.25, -0.2) is 0 Å². The van der Waals surface area contributed by atoms with Crippen molar-refractivity contribution in [1.29, 1.82) is 0 Å². The summed E-state index contributed by atoms with van der Waals surface area (Å²) in [7, 11) is 0. The second kappa shape index (κ2) is 6.03. The molecule has 0 fully saturated rings. The molecule has 0 saturated carbocycles. The van der Waals surface area contributed by atoms with Crippen molar-refractivity contribution in [3.63, 3.8) is 0 Å². The first-order valence-corrected chi connectivity index (χ1v) is 6.60. The van der Waals surface area contributed by atoms with Gasteiger partial charge < -0.3 is 5.73 Å². The largest absolute Gasteiger partial charge is 0.324 e. The summed E-state index contributed by atoms with van der Waals surface area (Å²) in [6, 6.07) is 16.3. The Balaban J connectivity index is 1.98. The maximum atomic E-state index is 6.20. The lowest BCUT2D eigenvalue weighted by molar-refractivity contribution is 0.650. The van der Waals surface area contributed by atoms with Gasteiger partial charge >= 0.3 is 0 Å². The summed E-state index contributed by atoms with van der Waals surface area (Å²) >= 11 is 5.87. The fraction of sp³-hybridized carbons (Fsp3) is 0.250. The molecule has 0 aliphatic carbocycles. The third kappa shape index (κ3) is 3.34. The van der Waals surface area contributed by atoms with Crippen molar-refractivity contribution in [2.75, 3.05) is 0 Å². The van der Waals surface area contributed by atoms with E-state index in [2.05, 4.69) is 31.2 Å². The average Bonchev–Trinajstić information content (AvgIpc) is 2.38. The van der Waals surface area contributed by atoms with Gasteiger partial charge in [-0.15, -0.1) is 0 Å². The molecule has 0 aliphatic rings. The lowest BCUT2D eigenvalue weighted by Gasteiger charge is -2.13. The van der Waals surface area contributed by atoms with Crippen LogP contribution in [0.3, 0.4) is 0 Å². The van der Waals surface area contributed by atoms with Gasteiger partial charge in [0.05, 0.1) is 0 Å². The molecule has 0 aliphatic heterocycles. The maximum Gasteiger partial charge on any atom is 0.0406 e. The van der Waals surface area contributed by atoms with Crippen molar-refractivity contribution in [3.05, 3.63) is 70.2 Å². The Morgan fingerprint density at radius 3 is 2.39 bits per heavy atom. The zero-order valence-corrected chi connectivity index (χ0v) is 11.3. The minimum Gasteiger partial charge on any atom is -0.324 e. The van der Waals surface area contributed by atoms with E-state index in [-0.39, 0.29) is 6.04 Å². The molecular formula is C16H18ClN. The number of benzene rings is 2. The summed E-state index contributed by atoms with van der Waals surface area (Å²) < 4.78 is 0. The van der Waals surface area contributed by atoms with Gasteiger partial charge in [-0.3, -0.25) is 0 Å². The third-order valence-corrected chi connectivity index (χ3v) is 3.54. The van der Waals surface area contributed by atoms with Crippen LogP contribution in [-0.4, -0.2) is 0 Å². The molecule has 2 aromatic rings. The molecule has 2 N–H and O–H groups in total. The minimum absolute atomic E-state index is 0.0712. The van der Waals surface area contributed by atoms with Crippen LogP contribution in [0.15, 0.2) is 48.5 Å². The van der Waals surface area contributed by atoms with Crippen LogP contribution in [0.2, 0.25) is 5.02 Å². The third-order valence-electron chi connectivity index (χ3n) is 3.28. The lowest BCUT2D eigenvalue weighted by Crippen LogP contribution is -2.11. The van der Waals surface area contributed by atoms with Gasteiger partial charge in [0.1, 0.15) is 0 Å². The van der Waals surface area contributed by atoms with Crippen LogP contribution < -0.4 is 5.73 Å². The maximum absolute atomic E-state index is 6.20. The van der Waals surface area contributed by atoms with Gasteiger partial charge in [-0.05, 0) is 48.6 Å². The number of aryl methyl sites for hydroxylation is 2. The highest BCUT2D eigenvalue weighted by atomic mass is 35.5. The number of halogens is 1. The summed E-state index contributed by atoms with van der Waals surface area (Å²) in [5.41, 5.74) is 10.1. The Hall–Kier alpha value is -1.31. The van der Waals surface area contributed by atoms with E-state index < -0.39 is 0 Å². The molecule has 94 valence electrons. The van der Waals surface area contributed by atoms with Crippen LogP contribution in [0.4, 0.5) is 0 Å². The van der Waals surface area contributed by atoms with Crippen molar-refractivity contribution in [2.24, 2.45) is 5.73 Å². The zero-order valence-electron chi connectivity index (χ0n) is 10.6. The lowest BCUT2D eigenvalue weighted by atomic mass is 9.97. The zero-order chi connectivity index (χ0) is 13.0. The molecule has 1 atom stereocenters. The van der Waals surface area contributed by atoms with Crippen molar-refractivity contribution in [3.8, 4) is 0 Å². The monoisotopic (exact) mass is 259 g/mol. The van der Waals surface area contributed by atoms with Crippen LogP contribution in [0.5, 0.6) is 0 Å². The van der Waals surface area contributed by atoms with E-state index in [0.29, 0.717) is 0 Å². The first kappa shape index (κ1) is 13.1. The molecule has 1 unspecified atom stereocenters. The van der Waals surface area contributed by atoms with Crippen LogP contribution in [0.1, 0.15) is 29.2 Å². The molecule has 2 heteroatoms. The Labute approximate surface area is 114 Å². The van der Waals surface area contributed by atoms with Gasteiger partial charge in [-0.1, -0.05) is 48.0 Å². The number of nitrogens with two attached hydrogens (primary N) is 1. The molecule has 18 heavy (non-hydrogen) atoms. The summed E-state index contributed by atoms with van der Waals surface area (Å²) in [6.07, 6.45) is 1.96. The highest BCUT2D eigenvalue weighted by Gasteiger charge is 2.07. The van der Waals surface area contributed by atoms with Crippen LogP contribution in [0.25, 0.3) is 0 Å². The highest BCUT2D eigenvalue weighted by Crippen LogP contribution is 2.20. The summed E-state index contributed by atoms with van der Waals surface area (Å²) in [6.45, 7) is 2.14. The minimum atomic E-state index is 0.0712. The van der Waals surface area contributed by atoms with Crippen molar-refractivity contribution >= 4 is 11.6 Å². The SMILES string of the molecule is Cc1ccccc1CCC(N)c1ccc(Cl)cc1. The Morgan fingerprint density at radius 1 is 1.06 bits per heavy atom. The fourth-order valence-electron chi connectivity index (χ4n) is 2.08. The summed E-state index contributed by atoms with van der Waals surface area (Å²) in [5, 5.41) is 0.754. The Bertz CT molecular complexity index is 505. The molecule has 1 nitrogen and oxygen atoms in total. The molecule has 0 heterocycles. The molecule has 2 aromatic carbocycles.